The predicted molar refractivity (Wildman–Crippen MR) is 148 cm³/mol. The van der Waals surface area contributed by atoms with E-state index in [0.717, 1.165) is 52.9 Å². The molecule has 8 heteroatoms. The van der Waals surface area contributed by atoms with Crippen LogP contribution in [-0.4, -0.2) is 57.9 Å². The number of nitrogens with one attached hydrogen (secondary N) is 1. The normalized spacial score (nSPS) is 13.6. The van der Waals surface area contributed by atoms with Gasteiger partial charge in [-0.1, -0.05) is 55.8 Å². The highest BCUT2D eigenvalue weighted by molar-refractivity contribution is 5.96. The van der Waals surface area contributed by atoms with Crippen molar-refractivity contribution in [2.45, 2.75) is 32.7 Å². The van der Waals surface area contributed by atoms with Gasteiger partial charge in [0.25, 0.3) is 0 Å². The molecule has 0 spiro atoms. The first kappa shape index (κ1) is 25.5. The van der Waals surface area contributed by atoms with Crippen LogP contribution in [0.25, 0.3) is 22.2 Å². The SMILES string of the molecule is CCCCc1nc2ccc(NC(=O)N3CCOCC3)cc2n1Cc1ccc(-c2ccccc2C(=O)O)cc1. The number of morpholine rings is 1. The second kappa shape index (κ2) is 11.5. The molecule has 0 aliphatic carbocycles. The van der Waals surface area contributed by atoms with Crippen molar-refractivity contribution in [2.75, 3.05) is 31.6 Å². The molecule has 2 N–H and O–H groups in total. The highest BCUT2D eigenvalue weighted by atomic mass is 16.5. The van der Waals surface area contributed by atoms with E-state index in [9.17, 15) is 14.7 Å². The van der Waals surface area contributed by atoms with Gasteiger partial charge in [0.1, 0.15) is 5.82 Å². The molecule has 0 unspecified atom stereocenters. The molecule has 4 aromatic rings. The second-order valence-corrected chi connectivity index (χ2v) is 9.50. The third kappa shape index (κ3) is 5.55. The number of urea groups is 1. The topological polar surface area (TPSA) is 96.7 Å². The Morgan fingerprint density at radius 2 is 1.79 bits per heavy atom. The molecule has 3 aromatic carbocycles. The van der Waals surface area contributed by atoms with E-state index in [4.69, 9.17) is 9.72 Å². The summed E-state index contributed by atoms with van der Waals surface area (Å²) in [7, 11) is 0. The molecular formula is C30H32N4O4. The first-order valence-corrected chi connectivity index (χ1v) is 13.1. The summed E-state index contributed by atoms with van der Waals surface area (Å²) in [5.74, 6) is 0.0745. The van der Waals surface area contributed by atoms with E-state index >= 15 is 0 Å². The van der Waals surface area contributed by atoms with Crippen LogP contribution in [0.1, 0.15) is 41.5 Å². The number of imidazole rings is 1. The lowest BCUT2D eigenvalue weighted by molar-refractivity contribution is 0.0564. The highest BCUT2D eigenvalue weighted by Gasteiger charge is 2.18. The molecule has 1 fully saturated rings. The number of aryl methyl sites for hydroxylation is 1. The Hall–Kier alpha value is -4.17. The Kier molecular flexibility index (Phi) is 7.70. The maximum absolute atomic E-state index is 12.7. The number of ether oxygens (including phenoxy) is 1. The molecule has 2 heterocycles. The van der Waals surface area contributed by atoms with Crippen LogP contribution >= 0.6 is 0 Å². The molecule has 1 saturated heterocycles. The number of rotatable bonds is 8. The van der Waals surface area contributed by atoms with E-state index in [-0.39, 0.29) is 11.6 Å². The van der Waals surface area contributed by atoms with Crippen LogP contribution in [0, 0.1) is 0 Å². The fourth-order valence-electron chi connectivity index (χ4n) is 4.82. The van der Waals surface area contributed by atoms with Crippen molar-refractivity contribution >= 4 is 28.7 Å². The van der Waals surface area contributed by atoms with Gasteiger partial charge >= 0.3 is 12.0 Å². The standard InChI is InChI=1S/C30H32N4O4/c1-2-3-8-28-32-26-14-13-23(31-30(37)33-15-17-38-18-16-33)19-27(26)34(28)20-21-9-11-22(12-10-21)24-6-4-5-7-25(24)29(35)36/h4-7,9-14,19H,2-3,8,15-18,20H2,1H3,(H,31,37)(H,35,36). The van der Waals surface area contributed by atoms with Crippen LogP contribution in [0.2, 0.25) is 0 Å². The summed E-state index contributed by atoms with van der Waals surface area (Å²) in [6.07, 6.45) is 2.97. The molecule has 2 amide bonds. The van der Waals surface area contributed by atoms with Gasteiger partial charge in [0.15, 0.2) is 0 Å². The number of hydrogen-bond donors (Lipinski definition) is 2. The Balaban J connectivity index is 1.43. The summed E-state index contributed by atoms with van der Waals surface area (Å²) < 4.78 is 7.57. The molecule has 0 saturated carbocycles. The van der Waals surface area contributed by atoms with Gasteiger partial charge in [-0.05, 0) is 47.4 Å². The van der Waals surface area contributed by atoms with Gasteiger partial charge in [-0.25, -0.2) is 14.6 Å². The molecule has 0 bridgehead atoms. The van der Waals surface area contributed by atoms with Crippen molar-refractivity contribution in [1.29, 1.82) is 0 Å². The van der Waals surface area contributed by atoms with E-state index in [1.165, 1.54) is 0 Å². The summed E-state index contributed by atoms with van der Waals surface area (Å²) in [5.41, 5.74) is 5.53. The number of carbonyl (C=O) groups excluding carboxylic acids is 1. The van der Waals surface area contributed by atoms with E-state index in [1.807, 2.05) is 54.6 Å². The van der Waals surface area contributed by atoms with Crippen LogP contribution in [0.4, 0.5) is 10.5 Å². The zero-order valence-corrected chi connectivity index (χ0v) is 21.5. The Bertz CT molecular complexity index is 1440. The number of anilines is 1. The Morgan fingerprint density at radius 3 is 2.53 bits per heavy atom. The maximum Gasteiger partial charge on any atom is 0.336 e. The number of hydrogen-bond acceptors (Lipinski definition) is 4. The molecule has 8 nitrogen and oxygen atoms in total. The number of carboxylic acid groups (broad SMARTS) is 1. The Labute approximate surface area is 221 Å². The first-order valence-electron chi connectivity index (χ1n) is 13.1. The van der Waals surface area contributed by atoms with E-state index in [0.29, 0.717) is 38.4 Å². The number of nitrogens with zero attached hydrogens (tertiary/aromatic N) is 3. The van der Waals surface area contributed by atoms with Gasteiger partial charge in [-0.15, -0.1) is 0 Å². The lowest BCUT2D eigenvalue weighted by atomic mass is 9.99. The average molecular weight is 513 g/mol. The third-order valence-electron chi connectivity index (χ3n) is 6.89. The van der Waals surface area contributed by atoms with Gasteiger partial charge in [0.05, 0.1) is 29.8 Å². The predicted octanol–water partition coefficient (Wildman–Crippen LogP) is 5.66. The van der Waals surface area contributed by atoms with Crippen LogP contribution in [0.15, 0.2) is 66.7 Å². The van der Waals surface area contributed by atoms with Crippen molar-refractivity contribution < 1.29 is 19.4 Å². The molecule has 196 valence electrons. The molecule has 0 atom stereocenters. The van der Waals surface area contributed by atoms with Crippen LogP contribution in [-0.2, 0) is 17.7 Å². The third-order valence-corrected chi connectivity index (χ3v) is 6.89. The van der Waals surface area contributed by atoms with Gasteiger partial charge in [-0.3, -0.25) is 0 Å². The van der Waals surface area contributed by atoms with Gasteiger partial charge in [-0.2, -0.15) is 0 Å². The summed E-state index contributed by atoms with van der Waals surface area (Å²) in [5, 5.41) is 12.6. The average Bonchev–Trinajstić information content (AvgIpc) is 3.29. The van der Waals surface area contributed by atoms with Crippen molar-refractivity contribution in [2.24, 2.45) is 0 Å². The Morgan fingerprint density at radius 1 is 1.03 bits per heavy atom. The van der Waals surface area contributed by atoms with Gasteiger partial charge < -0.3 is 24.6 Å². The lowest BCUT2D eigenvalue weighted by Gasteiger charge is -2.26. The highest BCUT2D eigenvalue weighted by Crippen LogP contribution is 2.27. The second-order valence-electron chi connectivity index (χ2n) is 9.50. The van der Waals surface area contributed by atoms with E-state index in [2.05, 4.69) is 16.8 Å². The molecular weight excluding hydrogens is 480 g/mol. The summed E-state index contributed by atoms with van der Waals surface area (Å²) >= 11 is 0. The minimum atomic E-state index is -0.938. The minimum Gasteiger partial charge on any atom is -0.478 e. The van der Waals surface area contributed by atoms with E-state index in [1.54, 1.807) is 17.0 Å². The van der Waals surface area contributed by atoms with Crippen molar-refractivity contribution in [3.63, 3.8) is 0 Å². The number of aromatic carboxylic acids is 1. The largest absolute Gasteiger partial charge is 0.478 e. The van der Waals surface area contributed by atoms with E-state index < -0.39 is 5.97 Å². The monoisotopic (exact) mass is 512 g/mol. The molecule has 1 aliphatic rings. The molecule has 1 aliphatic heterocycles. The van der Waals surface area contributed by atoms with Crippen molar-refractivity contribution in [3.8, 4) is 11.1 Å². The van der Waals surface area contributed by atoms with Crippen molar-refractivity contribution in [3.05, 3.63) is 83.7 Å². The van der Waals surface area contributed by atoms with Crippen LogP contribution in [0.5, 0.6) is 0 Å². The first-order chi connectivity index (χ1) is 18.5. The molecule has 0 radical (unpaired) electrons. The lowest BCUT2D eigenvalue weighted by Crippen LogP contribution is -2.43. The number of carbonyl (C=O) groups is 2. The van der Waals surface area contributed by atoms with Crippen LogP contribution < -0.4 is 5.32 Å². The zero-order chi connectivity index (χ0) is 26.5. The summed E-state index contributed by atoms with van der Waals surface area (Å²) in [6, 6.07) is 20.8. The fraction of sp³-hybridized carbons (Fsp3) is 0.300. The number of benzene rings is 3. The summed E-state index contributed by atoms with van der Waals surface area (Å²) in [6.45, 7) is 5.07. The van der Waals surface area contributed by atoms with Gasteiger partial charge in [0, 0.05) is 31.7 Å². The zero-order valence-electron chi connectivity index (χ0n) is 21.5. The minimum absolute atomic E-state index is 0.123. The van der Waals surface area contributed by atoms with Gasteiger partial charge in [0.2, 0.25) is 0 Å². The maximum atomic E-state index is 12.7. The number of amides is 2. The molecule has 1 aromatic heterocycles. The number of unbranched alkanes of at least 4 members (excludes halogenated alkanes) is 1. The fourth-order valence-corrected chi connectivity index (χ4v) is 4.82. The van der Waals surface area contributed by atoms with Crippen LogP contribution in [0.3, 0.4) is 0 Å². The smallest absolute Gasteiger partial charge is 0.336 e. The molecule has 38 heavy (non-hydrogen) atoms. The quantitative estimate of drug-likeness (QED) is 0.318. The summed E-state index contributed by atoms with van der Waals surface area (Å²) in [4.78, 5) is 31.1. The van der Waals surface area contributed by atoms with Crippen molar-refractivity contribution in [1.82, 2.24) is 14.5 Å². The number of carboxylic acids is 1. The number of aromatic nitrogens is 2. The number of fused-ring (bicyclic) bond motifs is 1. The molecule has 5 rings (SSSR count).